The Morgan fingerprint density at radius 2 is 2.04 bits per heavy atom. The van der Waals surface area contributed by atoms with Crippen LogP contribution in [-0.2, 0) is 13.1 Å². The summed E-state index contributed by atoms with van der Waals surface area (Å²) < 4.78 is 7.52. The number of rotatable bonds is 3. The molecule has 1 amide bonds. The third-order valence-electron chi connectivity index (χ3n) is 5.71. The van der Waals surface area contributed by atoms with Crippen LogP contribution in [0.1, 0.15) is 72.0 Å². The maximum absolute atomic E-state index is 13.1. The Kier molecular flexibility index (Phi) is 4.75. The highest BCUT2D eigenvalue weighted by Crippen LogP contribution is 2.28. The number of nitrogens with zero attached hydrogens (tertiary/aromatic N) is 6. The molecular formula is C19H28N6O2. The first-order valence-electron chi connectivity index (χ1n) is 9.81. The van der Waals surface area contributed by atoms with E-state index in [-0.39, 0.29) is 11.8 Å². The van der Waals surface area contributed by atoms with E-state index >= 15 is 0 Å². The van der Waals surface area contributed by atoms with E-state index < -0.39 is 0 Å². The van der Waals surface area contributed by atoms with Gasteiger partial charge in [0.05, 0.1) is 12.2 Å². The normalized spacial score (nSPS) is 20.9. The zero-order valence-corrected chi connectivity index (χ0v) is 16.6. The molecular weight excluding hydrogens is 344 g/mol. The molecule has 0 radical (unpaired) electrons. The molecule has 1 atom stereocenters. The predicted molar refractivity (Wildman–Crippen MR) is 99.6 cm³/mol. The molecule has 1 fully saturated rings. The van der Waals surface area contributed by atoms with Crippen molar-refractivity contribution in [3.63, 3.8) is 0 Å². The van der Waals surface area contributed by atoms with Gasteiger partial charge in [0.1, 0.15) is 17.1 Å². The molecule has 2 aliphatic rings. The largest absolute Gasteiger partial charge is 0.361 e. The average molecular weight is 372 g/mol. The molecule has 0 aliphatic carbocycles. The number of aromatic nitrogens is 4. The highest BCUT2D eigenvalue weighted by atomic mass is 16.5. The van der Waals surface area contributed by atoms with E-state index in [0.29, 0.717) is 30.3 Å². The first kappa shape index (κ1) is 18.2. The summed E-state index contributed by atoms with van der Waals surface area (Å²) in [6.07, 6.45) is 2.35. The van der Waals surface area contributed by atoms with Gasteiger partial charge in [-0.2, -0.15) is 0 Å². The topological polar surface area (TPSA) is 80.3 Å². The fourth-order valence-corrected chi connectivity index (χ4v) is 4.23. The van der Waals surface area contributed by atoms with Crippen LogP contribution in [0.15, 0.2) is 4.52 Å². The van der Waals surface area contributed by atoms with Gasteiger partial charge < -0.3 is 18.9 Å². The van der Waals surface area contributed by atoms with Gasteiger partial charge in [0.2, 0.25) is 0 Å². The Hall–Kier alpha value is -2.22. The van der Waals surface area contributed by atoms with Crippen molar-refractivity contribution in [2.75, 3.05) is 26.7 Å². The summed E-state index contributed by atoms with van der Waals surface area (Å²) in [5.74, 6) is 3.09. The van der Waals surface area contributed by atoms with Gasteiger partial charge in [-0.1, -0.05) is 19.0 Å². The van der Waals surface area contributed by atoms with E-state index in [1.807, 2.05) is 18.7 Å². The monoisotopic (exact) mass is 372 g/mol. The van der Waals surface area contributed by atoms with Gasteiger partial charge in [-0.3, -0.25) is 4.79 Å². The summed E-state index contributed by atoms with van der Waals surface area (Å²) in [6.45, 7) is 9.90. The highest BCUT2D eigenvalue weighted by molar-refractivity contribution is 5.96. The van der Waals surface area contributed by atoms with Gasteiger partial charge in [0.15, 0.2) is 5.82 Å². The number of carbonyl (C=O) groups is 1. The number of likely N-dealkylation sites (tertiary alicyclic amines) is 1. The lowest BCUT2D eigenvalue weighted by molar-refractivity contribution is 0.0702. The lowest BCUT2D eigenvalue weighted by Gasteiger charge is -2.32. The molecule has 8 nitrogen and oxygen atoms in total. The average Bonchev–Trinajstić information content (AvgIpc) is 3.24. The van der Waals surface area contributed by atoms with Crippen molar-refractivity contribution in [2.45, 2.75) is 58.5 Å². The molecule has 0 saturated carbocycles. The molecule has 0 N–H and O–H groups in total. The van der Waals surface area contributed by atoms with Crippen molar-refractivity contribution in [1.29, 1.82) is 0 Å². The number of likely N-dealkylation sites (N-methyl/N-ethyl adjacent to an activating group) is 1. The van der Waals surface area contributed by atoms with Gasteiger partial charge in [-0.25, -0.2) is 0 Å². The molecule has 146 valence electrons. The number of hydrogen-bond acceptors (Lipinski definition) is 6. The van der Waals surface area contributed by atoms with Gasteiger partial charge >= 0.3 is 0 Å². The standard InChI is InChI=1S/C19H28N6O2/c1-12(2)17-16(13(3)27-22-17)19(26)24-8-9-25-15(11-24)20-21-18(25)14-6-5-7-23(4)10-14/h12,14H,5-11H2,1-4H3/t14-/m1/s1. The molecule has 2 aliphatic heterocycles. The van der Waals surface area contributed by atoms with Crippen molar-refractivity contribution in [3.05, 3.63) is 28.7 Å². The van der Waals surface area contributed by atoms with Crippen molar-refractivity contribution in [1.82, 2.24) is 29.7 Å². The molecule has 2 aromatic heterocycles. The number of aryl methyl sites for hydroxylation is 1. The van der Waals surface area contributed by atoms with Gasteiger partial charge in [0, 0.05) is 25.6 Å². The zero-order valence-electron chi connectivity index (χ0n) is 16.6. The Balaban J connectivity index is 1.54. The third-order valence-corrected chi connectivity index (χ3v) is 5.71. The summed E-state index contributed by atoms with van der Waals surface area (Å²) >= 11 is 0. The van der Waals surface area contributed by atoms with Crippen LogP contribution in [0.4, 0.5) is 0 Å². The van der Waals surface area contributed by atoms with E-state index in [9.17, 15) is 4.79 Å². The minimum atomic E-state index is -0.0225. The minimum absolute atomic E-state index is 0.0225. The molecule has 0 spiro atoms. The molecule has 1 saturated heterocycles. The Morgan fingerprint density at radius 1 is 1.22 bits per heavy atom. The van der Waals surface area contributed by atoms with Crippen LogP contribution >= 0.6 is 0 Å². The predicted octanol–water partition coefficient (Wildman–Crippen LogP) is 2.16. The van der Waals surface area contributed by atoms with Crippen molar-refractivity contribution in [2.24, 2.45) is 0 Å². The molecule has 0 bridgehead atoms. The van der Waals surface area contributed by atoms with Crippen LogP contribution in [0.3, 0.4) is 0 Å². The molecule has 4 rings (SSSR count). The Morgan fingerprint density at radius 3 is 2.78 bits per heavy atom. The van der Waals surface area contributed by atoms with Crippen LogP contribution < -0.4 is 0 Å². The Labute approximate surface area is 159 Å². The number of hydrogen-bond donors (Lipinski definition) is 0. The number of fused-ring (bicyclic) bond motifs is 1. The molecule has 8 heteroatoms. The molecule has 0 aromatic carbocycles. The van der Waals surface area contributed by atoms with Crippen molar-refractivity contribution < 1.29 is 9.32 Å². The lowest BCUT2D eigenvalue weighted by atomic mass is 9.97. The zero-order chi connectivity index (χ0) is 19.1. The fourth-order valence-electron chi connectivity index (χ4n) is 4.23. The van der Waals surface area contributed by atoms with Crippen LogP contribution in [0.5, 0.6) is 0 Å². The first-order valence-corrected chi connectivity index (χ1v) is 9.81. The second-order valence-corrected chi connectivity index (χ2v) is 8.11. The molecule has 4 heterocycles. The van der Waals surface area contributed by atoms with Crippen LogP contribution in [0.25, 0.3) is 0 Å². The molecule has 2 aromatic rings. The second-order valence-electron chi connectivity index (χ2n) is 8.11. The lowest BCUT2D eigenvalue weighted by Crippen LogP contribution is -2.40. The summed E-state index contributed by atoms with van der Waals surface area (Å²) in [7, 11) is 2.16. The maximum atomic E-state index is 13.1. The molecule has 27 heavy (non-hydrogen) atoms. The van der Waals surface area contributed by atoms with E-state index in [1.54, 1.807) is 6.92 Å². The van der Waals surface area contributed by atoms with Crippen LogP contribution in [-0.4, -0.2) is 62.3 Å². The van der Waals surface area contributed by atoms with E-state index in [4.69, 9.17) is 4.52 Å². The van der Waals surface area contributed by atoms with Crippen LogP contribution in [0.2, 0.25) is 0 Å². The second kappa shape index (κ2) is 7.07. The highest BCUT2D eigenvalue weighted by Gasteiger charge is 2.32. The maximum Gasteiger partial charge on any atom is 0.259 e. The summed E-state index contributed by atoms with van der Waals surface area (Å²) in [6, 6.07) is 0. The summed E-state index contributed by atoms with van der Waals surface area (Å²) in [5, 5.41) is 13.0. The van der Waals surface area contributed by atoms with Crippen molar-refractivity contribution >= 4 is 5.91 Å². The quantitative estimate of drug-likeness (QED) is 0.821. The van der Waals surface area contributed by atoms with E-state index in [0.717, 1.165) is 43.4 Å². The summed E-state index contributed by atoms with van der Waals surface area (Å²) in [5.41, 5.74) is 1.34. The minimum Gasteiger partial charge on any atom is -0.361 e. The third kappa shape index (κ3) is 3.26. The van der Waals surface area contributed by atoms with Gasteiger partial charge in [0.25, 0.3) is 5.91 Å². The van der Waals surface area contributed by atoms with Gasteiger partial charge in [-0.05, 0) is 39.3 Å². The first-order chi connectivity index (χ1) is 13.0. The van der Waals surface area contributed by atoms with Gasteiger partial charge in [-0.15, -0.1) is 10.2 Å². The number of amides is 1. The van der Waals surface area contributed by atoms with Crippen molar-refractivity contribution in [3.8, 4) is 0 Å². The number of carbonyl (C=O) groups excluding carboxylic acids is 1. The van der Waals surface area contributed by atoms with E-state index in [2.05, 4.69) is 31.9 Å². The van der Waals surface area contributed by atoms with Crippen LogP contribution in [0, 0.1) is 6.92 Å². The Bertz CT molecular complexity index is 839. The smallest absolute Gasteiger partial charge is 0.259 e. The molecule has 0 unspecified atom stereocenters. The number of piperidine rings is 1. The fraction of sp³-hybridized carbons (Fsp3) is 0.684. The SMILES string of the molecule is Cc1onc(C(C)C)c1C(=O)N1CCn2c(nnc2[C@@H]2CCCN(C)C2)C1. The summed E-state index contributed by atoms with van der Waals surface area (Å²) in [4.78, 5) is 17.3. The van der Waals surface area contributed by atoms with E-state index in [1.165, 1.54) is 6.42 Å².